The molecule has 0 unspecified atom stereocenters. The van der Waals surface area contributed by atoms with Gasteiger partial charge in [-0.25, -0.2) is 0 Å². The van der Waals surface area contributed by atoms with Crippen LogP contribution >= 0.6 is 0 Å². The van der Waals surface area contributed by atoms with Crippen LogP contribution in [0.5, 0.6) is 0 Å². The Morgan fingerprint density at radius 1 is 1.45 bits per heavy atom. The maximum Gasteiger partial charge on any atom is 0.304 e. The standard InChI is InChI=1S/C13H12FN3O3/c1-8-11(7-18)9(2)16(15-8)6-10-3-4-13(17(19)20)12(14)5-10/h3-5,7H,6H2,1-2H3. The Morgan fingerprint density at radius 2 is 2.15 bits per heavy atom. The number of benzene rings is 1. The second-order valence-electron chi connectivity index (χ2n) is 4.40. The largest absolute Gasteiger partial charge is 0.304 e. The molecule has 104 valence electrons. The summed E-state index contributed by atoms with van der Waals surface area (Å²) in [4.78, 5) is 20.7. The molecule has 1 heterocycles. The van der Waals surface area contributed by atoms with Crippen LogP contribution in [0.4, 0.5) is 10.1 Å². The highest BCUT2D eigenvalue weighted by molar-refractivity contribution is 5.78. The number of halogens is 1. The van der Waals surface area contributed by atoms with Gasteiger partial charge in [0.25, 0.3) is 0 Å². The van der Waals surface area contributed by atoms with Crippen molar-refractivity contribution in [3.8, 4) is 0 Å². The Labute approximate surface area is 114 Å². The highest BCUT2D eigenvalue weighted by atomic mass is 19.1. The van der Waals surface area contributed by atoms with Gasteiger partial charge in [-0.15, -0.1) is 0 Å². The topological polar surface area (TPSA) is 78.0 Å². The molecule has 0 saturated heterocycles. The molecule has 0 aliphatic heterocycles. The van der Waals surface area contributed by atoms with Crippen molar-refractivity contribution >= 4 is 12.0 Å². The lowest BCUT2D eigenvalue weighted by molar-refractivity contribution is -0.387. The van der Waals surface area contributed by atoms with E-state index in [0.29, 0.717) is 22.5 Å². The third kappa shape index (κ3) is 2.42. The summed E-state index contributed by atoms with van der Waals surface area (Å²) >= 11 is 0. The highest BCUT2D eigenvalue weighted by Crippen LogP contribution is 2.19. The molecule has 0 spiro atoms. The SMILES string of the molecule is Cc1nn(Cc2ccc([N+](=O)[O-])c(F)c2)c(C)c1C=O. The third-order valence-electron chi connectivity index (χ3n) is 3.10. The zero-order valence-corrected chi connectivity index (χ0v) is 11.0. The molecule has 2 aromatic rings. The summed E-state index contributed by atoms with van der Waals surface area (Å²) in [6.07, 6.45) is 0.727. The molecule has 20 heavy (non-hydrogen) atoms. The molecule has 0 aliphatic rings. The first-order chi connectivity index (χ1) is 9.43. The molecule has 0 radical (unpaired) electrons. The number of carbonyl (C=O) groups is 1. The first-order valence-electron chi connectivity index (χ1n) is 5.86. The lowest BCUT2D eigenvalue weighted by atomic mass is 10.2. The number of hydrogen-bond acceptors (Lipinski definition) is 4. The minimum atomic E-state index is -0.885. The Bertz CT molecular complexity index is 694. The summed E-state index contributed by atoms with van der Waals surface area (Å²) in [7, 11) is 0. The van der Waals surface area contributed by atoms with Crippen molar-refractivity contribution < 1.29 is 14.1 Å². The molecule has 1 aromatic heterocycles. The summed E-state index contributed by atoms with van der Waals surface area (Å²) in [6, 6.07) is 3.70. The molecular weight excluding hydrogens is 265 g/mol. The van der Waals surface area contributed by atoms with Gasteiger partial charge in [0.1, 0.15) is 0 Å². The van der Waals surface area contributed by atoms with E-state index in [-0.39, 0.29) is 6.54 Å². The molecule has 0 saturated carbocycles. The zero-order valence-electron chi connectivity index (χ0n) is 11.0. The summed E-state index contributed by atoms with van der Waals surface area (Å²) in [5.74, 6) is -0.885. The monoisotopic (exact) mass is 277 g/mol. The first-order valence-corrected chi connectivity index (χ1v) is 5.86. The van der Waals surface area contributed by atoms with Gasteiger partial charge in [-0.1, -0.05) is 6.07 Å². The summed E-state index contributed by atoms with van der Waals surface area (Å²) < 4.78 is 15.1. The highest BCUT2D eigenvalue weighted by Gasteiger charge is 2.15. The van der Waals surface area contributed by atoms with Crippen LogP contribution in [0.15, 0.2) is 18.2 Å². The van der Waals surface area contributed by atoms with Crippen molar-refractivity contribution in [1.29, 1.82) is 0 Å². The number of nitro groups is 1. The maximum atomic E-state index is 13.5. The second kappa shape index (κ2) is 5.20. The zero-order chi connectivity index (χ0) is 14.9. The van der Waals surface area contributed by atoms with Crippen LogP contribution in [0.1, 0.15) is 27.3 Å². The lowest BCUT2D eigenvalue weighted by Crippen LogP contribution is -2.05. The third-order valence-corrected chi connectivity index (χ3v) is 3.10. The molecular formula is C13H12FN3O3. The van der Waals surface area contributed by atoms with Crippen LogP contribution in [-0.2, 0) is 6.54 Å². The van der Waals surface area contributed by atoms with E-state index in [4.69, 9.17) is 0 Å². The molecule has 0 bridgehead atoms. The molecule has 2 rings (SSSR count). The first kappa shape index (κ1) is 13.9. The van der Waals surface area contributed by atoms with E-state index in [2.05, 4.69) is 5.10 Å². The van der Waals surface area contributed by atoms with Crippen molar-refractivity contribution in [2.45, 2.75) is 20.4 Å². The predicted octanol–water partition coefficient (Wildman–Crippen LogP) is 2.41. The quantitative estimate of drug-likeness (QED) is 0.488. The lowest BCUT2D eigenvalue weighted by Gasteiger charge is -2.05. The van der Waals surface area contributed by atoms with Gasteiger partial charge >= 0.3 is 5.69 Å². The molecule has 1 aromatic carbocycles. The van der Waals surface area contributed by atoms with Gasteiger partial charge in [-0.3, -0.25) is 19.6 Å². The summed E-state index contributed by atoms with van der Waals surface area (Å²) in [5, 5.41) is 14.7. The summed E-state index contributed by atoms with van der Waals surface area (Å²) in [6.45, 7) is 3.70. The number of rotatable bonds is 4. The smallest absolute Gasteiger partial charge is 0.298 e. The van der Waals surface area contributed by atoms with Crippen molar-refractivity contribution in [3.05, 3.63) is 56.6 Å². The molecule has 0 atom stereocenters. The van der Waals surface area contributed by atoms with Gasteiger partial charge in [0.15, 0.2) is 6.29 Å². The normalized spacial score (nSPS) is 10.6. The number of carbonyl (C=O) groups excluding carboxylic acids is 1. The van der Waals surface area contributed by atoms with Gasteiger partial charge in [-0.05, 0) is 25.5 Å². The Balaban J connectivity index is 2.33. The van der Waals surface area contributed by atoms with Crippen LogP contribution in [0, 0.1) is 29.8 Å². The van der Waals surface area contributed by atoms with Gasteiger partial charge in [0.2, 0.25) is 5.82 Å². The van der Waals surface area contributed by atoms with E-state index in [1.54, 1.807) is 18.5 Å². The minimum absolute atomic E-state index is 0.245. The van der Waals surface area contributed by atoms with E-state index >= 15 is 0 Å². The van der Waals surface area contributed by atoms with Gasteiger partial charge in [0.05, 0.1) is 22.7 Å². The number of aryl methyl sites for hydroxylation is 1. The molecule has 7 heteroatoms. The Hall–Kier alpha value is -2.57. The van der Waals surface area contributed by atoms with Crippen LogP contribution < -0.4 is 0 Å². The number of aldehydes is 1. The van der Waals surface area contributed by atoms with Gasteiger partial charge in [0, 0.05) is 11.8 Å². The molecule has 6 nitrogen and oxygen atoms in total. The number of hydrogen-bond donors (Lipinski definition) is 0. The Morgan fingerprint density at radius 3 is 2.65 bits per heavy atom. The fraction of sp³-hybridized carbons (Fsp3) is 0.231. The van der Waals surface area contributed by atoms with E-state index in [1.165, 1.54) is 6.07 Å². The van der Waals surface area contributed by atoms with Crippen LogP contribution in [0.3, 0.4) is 0 Å². The average Bonchev–Trinajstić information content (AvgIpc) is 2.63. The fourth-order valence-electron chi connectivity index (χ4n) is 2.01. The maximum absolute atomic E-state index is 13.5. The van der Waals surface area contributed by atoms with E-state index in [9.17, 15) is 19.3 Å². The molecule has 0 fully saturated rings. The van der Waals surface area contributed by atoms with E-state index in [0.717, 1.165) is 18.4 Å². The molecule has 0 amide bonds. The second-order valence-corrected chi connectivity index (χ2v) is 4.40. The average molecular weight is 277 g/mol. The minimum Gasteiger partial charge on any atom is -0.298 e. The van der Waals surface area contributed by atoms with Crippen molar-refractivity contribution in [2.24, 2.45) is 0 Å². The Kier molecular flexibility index (Phi) is 3.60. The van der Waals surface area contributed by atoms with Gasteiger partial charge in [-0.2, -0.15) is 9.49 Å². The molecule has 0 N–H and O–H groups in total. The fourth-order valence-corrected chi connectivity index (χ4v) is 2.01. The number of nitro benzene ring substituents is 1. The molecule has 0 aliphatic carbocycles. The van der Waals surface area contributed by atoms with E-state index in [1.807, 2.05) is 0 Å². The van der Waals surface area contributed by atoms with Crippen LogP contribution in [0.2, 0.25) is 0 Å². The number of aromatic nitrogens is 2. The van der Waals surface area contributed by atoms with Crippen LogP contribution in [0.25, 0.3) is 0 Å². The van der Waals surface area contributed by atoms with Crippen molar-refractivity contribution in [3.63, 3.8) is 0 Å². The van der Waals surface area contributed by atoms with E-state index < -0.39 is 16.4 Å². The van der Waals surface area contributed by atoms with Crippen molar-refractivity contribution in [2.75, 3.05) is 0 Å². The van der Waals surface area contributed by atoms with Gasteiger partial charge < -0.3 is 0 Å². The predicted molar refractivity (Wildman–Crippen MR) is 69.2 cm³/mol. The van der Waals surface area contributed by atoms with Crippen LogP contribution in [-0.4, -0.2) is 21.0 Å². The number of nitrogens with zero attached hydrogens (tertiary/aromatic N) is 3. The summed E-state index contributed by atoms with van der Waals surface area (Å²) in [5.41, 5.74) is 1.76. The van der Waals surface area contributed by atoms with Crippen molar-refractivity contribution in [1.82, 2.24) is 9.78 Å².